The van der Waals surface area contributed by atoms with Gasteiger partial charge in [-0.2, -0.15) is 5.26 Å². The molecule has 2 saturated heterocycles. The van der Waals surface area contributed by atoms with E-state index in [1.165, 1.54) is 12.8 Å². The zero-order valence-corrected chi connectivity index (χ0v) is 8.61. The molecule has 1 atom stereocenters. The van der Waals surface area contributed by atoms with Gasteiger partial charge in [-0.05, 0) is 38.8 Å². The van der Waals surface area contributed by atoms with E-state index in [2.05, 4.69) is 11.0 Å². The number of ether oxygens (including phenoxy) is 1. The van der Waals surface area contributed by atoms with Crippen molar-refractivity contribution in [3.63, 3.8) is 0 Å². The molecule has 0 aromatic rings. The van der Waals surface area contributed by atoms with Gasteiger partial charge in [0, 0.05) is 18.6 Å². The van der Waals surface area contributed by atoms with Gasteiger partial charge >= 0.3 is 0 Å². The van der Waals surface area contributed by atoms with Crippen LogP contribution >= 0.6 is 0 Å². The van der Waals surface area contributed by atoms with Gasteiger partial charge in [0.25, 0.3) is 0 Å². The first-order valence-corrected chi connectivity index (χ1v) is 5.61. The normalized spacial score (nSPS) is 31.2. The number of piperidine rings is 1. The van der Waals surface area contributed by atoms with E-state index in [1.807, 2.05) is 0 Å². The summed E-state index contributed by atoms with van der Waals surface area (Å²) >= 11 is 0. The van der Waals surface area contributed by atoms with Gasteiger partial charge in [0.2, 0.25) is 0 Å². The molecule has 14 heavy (non-hydrogen) atoms. The summed E-state index contributed by atoms with van der Waals surface area (Å²) in [4.78, 5) is 2.51. The van der Waals surface area contributed by atoms with Crippen molar-refractivity contribution < 1.29 is 4.74 Å². The molecule has 0 aromatic heterocycles. The van der Waals surface area contributed by atoms with Crippen molar-refractivity contribution >= 4 is 0 Å². The second-order valence-corrected chi connectivity index (χ2v) is 4.31. The molecule has 78 valence electrons. The second kappa shape index (κ2) is 4.77. The molecular weight excluding hydrogens is 176 g/mol. The summed E-state index contributed by atoms with van der Waals surface area (Å²) in [7, 11) is 0. The fraction of sp³-hybridized carbons (Fsp3) is 0.909. The summed E-state index contributed by atoms with van der Waals surface area (Å²) in [6, 6.07) is 3.00. The van der Waals surface area contributed by atoms with Gasteiger partial charge in [0.15, 0.2) is 0 Å². The van der Waals surface area contributed by atoms with Crippen LogP contribution in [-0.2, 0) is 4.74 Å². The molecule has 0 spiro atoms. The number of hydrogen-bond donors (Lipinski definition) is 0. The Bertz CT molecular complexity index is 210. The van der Waals surface area contributed by atoms with Gasteiger partial charge in [-0.3, -0.25) is 4.90 Å². The summed E-state index contributed by atoms with van der Waals surface area (Å²) in [5, 5.41) is 8.79. The molecular formula is C11H18N2O. The molecule has 0 aromatic carbocycles. The van der Waals surface area contributed by atoms with Crippen LogP contribution in [0.4, 0.5) is 0 Å². The predicted octanol–water partition coefficient (Wildman–Crippen LogP) is 1.40. The van der Waals surface area contributed by atoms with Crippen molar-refractivity contribution in [2.24, 2.45) is 5.92 Å². The topological polar surface area (TPSA) is 36.3 Å². The van der Waals surface area contributed by atoms with Crippen LogP contribution in [0.15, 0.2) is 0 Å². The van der Waals surface area contributed by atoms with Crippen molar-refractivity contribution in [2.45, 2.75) is 31.7 Å². The van der Waals surface area contributed by atoms with Crippen molar-refractivity contribution in [3.05, 3.63) is 0 Å². The van der Waals surface area contributed by atoms with Crippen LogP contribution in [0.2, 0.25) is 0 Å². The fourth-order valence-corrected chi connectivity index (χ4v) is 2.41. The van der Waals surface area contributed by atoms with E-state index >= 15 is 0 Å². The second-order valence-electron chi connectivity index (χ2n) is 4.31. The largest absolute Gasteiger partial charge is 0.380 e. The Hall–Kier alpha value is -0.590. The lowest BCUT2D eigenvalue weighted by molar-refractivity contribution is 0.00778. The van der Waals surface area contributed by atoms with Crippen LogP contribution in [0.1, 0.15) is 25.7 Å². The van der Waals surface area contributed by atoms with Crippen molar-refractivity contribution in [2.75, 3.05) is 26.3 Å². The predicted molar refractivity (Wildman–Crippen MR) is 53.8 cm³/mol. The maximum Gasteiger partial charge on any atom is 0.0656 e. The maximum absolute atomic E-state index is 8.79. The van der Waals surface area contributed by atoms with Crippen LogP contribution in [-0.4, -0.2) is 37.2 Å². The third-order valence-electron chi connectivity index (χ3n) is 3.36. The van der Waals surface area contributed by atoms with E-state index in [1.54, 1.807) is 0 Å². The van der Waals surface area contributed by atoms with E-state index in [-0.39, 0.29) is 0 Å². The molecule has 0 aliphatic carbocycles. The van der Waals surface area contributed by atoms with Crippen LogP contribution in [0.3, 0.4) is 0 Å². The monoisotopic (exact) mass is 194 g/mol. The molecule has 0 N–H and O–H groups in total. The number of hydrogen-bond acceptors (Lipinski definition) is 3. The minimum atomic E-state index is 0.302. The Morgan fingerprint density at radius 1 is 1.21 bits per heavy atom. The third-order valence-corrected chi connectivity index (χ3v) is 3.36. The van der Waals surface area contributed by atoms with Crippen LogP contribution in [0.25, 0.3) is 0 Å². The first kappa shape index (κ1) is 9.95. The van der Waals surface area contributed by atoms with Crippen LogP contribution in [0, 0.1) is 17.2 Å². The lowest BCUT2D eigenvalue weighted by atomic mass is 9.96. The highest BCUT2D eigenvalue weighted by atomic mass is 16.5. The molecule has 2 heterocycles. The molecule has 3 heteroatoms. The Kier molecular flexibility index (Phi) is 3.39. The van der Waals surface area contributed by atoms with E-state index in [9.17, 15) is 0 Å². The minimum absolute atomic E-state index is 0.302. The quantitative estimate of drug-likeness (QED) is 0.633. The van der Waals surface area contributed by atoms with Gasteiger partial charge in [-0.1, -0.05) is 0 Å². The average Bonchev–Trinajstić information content (AvgIpc) is 2.30. The SMILES string of the molecule is N#CC1CCN(C2CCCOC2)CC1. The Morgan fingerprint density at radius 2 is 2.00 bits per heavy atom. The summed E-state index contributed by atoms with van der Waals surface area (Å²) in [6.07, 6.45) is 4.57. The Labute approximate surface area is 85.6 Å². The smallest absolute Gasteiger partial charge is 0.0656 e. The molecule has 0 bridgehead atoms. The molecule has 1 unspecified atom stereocenters. The highest BCUT2D eigenvalue weighted by Crippen LogP contribution is 2.21. The fourth-order valence-electron chi connectivity index (χ4n) is 2.41. The first-order valence-electron chi connectivity index (χ1n) is 5.61. The van der Waals surface area contributed by atoms with E-state index in [0.717, 1.165) is 39.1 Å². The van der Waals surface area contributed by atoms with Gasteiger partial charge in [-0.25, -0.2) is 0 Å². The zero-order chi connectivity index (χ0) is 9.80. The van der Waals surface area contributed by atoms with E-state index < -0.39 is 0 Å². The molecule has 2 rings (SSSR count). The number of rotatable bonds is 1. The van der Waals surface area contributed by atoms with Gasteiger partial charge in [0.1, 0.15) is 0 Å². The minimum Gasteiger partial charge on any atom is -0.380 e. The van der Waals surface area contributed by atoms with Gasteiger partial charge in [0.05, 0.1) is 12.7 Å². The number of likely N-dealkylation sites (tertiary alicyclic amines) is 1. The van der Waals surface area contributed by atoms with Crippen LogP contribution in [0.5, 0.6) is 0 Å². The summed E-state index contributed by atoms with van der Waals surface area (Å²) in [6.45, 7) is 4.01. The number of nitrogens with zero attached hydrogens (tertiary/aromatic N) is 2. The Balaban J connectivity index is 1.79. The Morgan fingerprint density at radius 3 is 2.57 bits per heavy atom. The van der Waals surface area contributed by atoms with Crippen molar-refractivity contribution in [1.82, 2.24) is 4.90 Å². The van der Waals surface area contributed by atoms with Gasteiger partial charge in [-0.15, -0.1) is 0 Å². The maximum atomic E-state index is 8.79. The summed E-state index contributed by atoms with van der Waals surface area (Å²) < 4.78 is 5.48. The van der Waals surface area contributed by atoms with E-state index in [4.69, 9.17) is 10.00 Å². The zero-order valence-electron chi connectivity index (χ0n) is 8.61. The standard InChI is InChI=1S/C11H18N2O/c12-8-10-3-5-13(6-4-10)11-2-1-7-14-9-11/h10-11H,1-7,9H2. The lowest BCUT2D eigenvalue weighted by Gasteiger charge is -2.37. The summed E-state index contributed by atoms with van der Waals surface area (Å²) in [5.74, 6) is 0.302. The highest BCUT2D eigenvalue weighted by molar-refractivity contribution is 4.89. The molecule has 0 amide bonds. The molecule has 2 aliphatic heterocycles. The molecule has 0 saturated carbocycles. The molecule has 2 aliphatic rings. The lowest BCUT2D eigenvalue weighted by Crippen LogP contribution is -2.45. The third kappa shape index (κ3) is 2.26. The summed E-state index contributed by atoms with van der Waals surface area (Å²) in [5.41, 5.74) is 0. The van der Waals surface area contributed by atoms with Crippen LogP contribution < -0.4 is 0 Å². The first-order chi connectivity index (χ1) is 6.90. The van der Waals surface area contributed by atoms with Crippen molar-refractivity contribution in [3.8, 4) is 6.07 Å². The van der Waals surface area contributed by atoms with E-state index in [0.29, 0.717) is 12.0 Å². The number of nitriles is 1. The van der Waals surface area contributed by atoms with Crippen molar-refractivity contribution in [1.29, 1.82) is 5.26 Å². The molecule has 0 radical (unpaired) electrons. The average molecular weight is 194 g/mol. The molecule has 2 fully saturated rings. The molecule has 3 nitrogen and oxygen atoms in total. The highest BCUT2D eigenvalue weighted by Gasteiger charge is 2.26. The van der Waals surface area contributed by atoms with Gasteiger partial charge < -0.3 is 4.74 Å².